The first-order chi connectivity index (χ1) is 12.3. The number of carbonyl (C=O) groups excluding carboxylic acids is 1. The lowest BCUT2D eigenvalue weighted by atomic mass is 10.1. The number of benzene rings is 2. The molecule has 1 saturated heterocycles. The molecule has 126 valence electrons. The smallest absolute Gasteiger partial charge is 0.257 e. The number of hydrogen-bond donors (Lipinski definition) is 1. The van der Waals surface area contributed by atoms with E-state index >= 15 is 0 Å². The van der Waals surface area contributed by atoms with Crippen LogP contribution in [-0.2, 0) is 4.74 Å². The van der Waals surface area contributed by atoms with E-state index in [0.717, 1.165) is 29.5 Å². The zero-order chi connectivity index (χ0) is 17.1. The van der Waals surface area contributed by atoms with Gasteiger partial charge in [-0.15, -0.1) is 0 Å². The second-order valence-electron chi connectivity index (χ2n) is 5.97. The van der Waals surface area contributed by atoms with E-state index in [0.29, 0.717) is 18.1 Å². The minimum atomic E-state index is -0.195. The van der Waals surface area contributed by atoms with Crippen molar-refractivity contribution in [2.45, 2.75) is 12.5 Å². The number of ether oxygens (including phenoxy) is 2. The summed E-state index contributed by atoms with van der Waals surface area (Å²) >= 11 is 0. The fourth-order valence-electron chi connectivity index (χ4n) is 2.89. The van der Waals surface area contributed by atoms with Gasteiger partial charge in [0.25, 0.3) is 5.91 Å². The topological polar surface area (TPSA) is 60.5 Å². The van der Waals surface area contributed by atoms with E-state index in [4.69, 9.17) is 9.47 Å². The number of nitrogens with zero attached hydrogens (tertiary/aromatic N) is 1. The summed E-state index contributed by atoms with van der Waals surface area (Å²) in [5.41, 5.74) is 1.27. The molecule has 1 fully saturated rings. The van der Waals surface area contributed by atoms with Crippen molar-refractivity contribution in [3.05, 3.63) is 66.4 Å². The number of amides is 1. The minimum Gasteiger partial charge on any atom is -0.472 e. The molecule has 1 aliphatic rings. The second-order valence-corrected chi connectivity index (χ2v) is 5.97. The molecule has 2 heterocycles. The van der Waals surface area contributed by atoms with Crippen LogP contribution in [0.2, 0.25) is 0 Å². The molecular formula is C20H18N2O3. The summed E-state index contributed by atoms with van der Waals surface area (Å²) in [5, 5.41) is 5.05. The summed E-state index contributed by atoms with van der Waals surface area (Å²) in [6.07, 6.45) is 2.44. The summed E-state index contributed by atoms with van der Waals surface area (Å²) in [4.78, 5) is 16.7. The monoisotopic (exact) mass is 334 g/mol. The average molecular weight is 334 g/mol. The highest BCUT2D eigenvalue weighted by Gasteiger charge is 2.18. The Morgan fingerprint density at radius 3 is 2.80 bits per heavy atom. The van der Waals surface area contributed by atoms with E-state index in [1.54, 1.807) is 12.1 Å². The molecule has 3 aromatic rings. The van der Waals surface area contributed by atoms with Crippen molar-refractivity contribution in [1.29, 1.82) is 0 Å². The van der Waals surface area contributed by atoms with Gasteiger partial charge in [0.1, 0.15) is 6.10 Å². The van der Waals surface area contributed by atoms with Crippen LogP contribution in [0.1, 0.15) is 16.8 Å². The van der Waals surface area contributed by atoms with Crippen molar-refractivity contribution in [3.63, 3.8) is 0 Å². The predicted octanol–water partition coefficient (Wildman–Crippen LogP) is 3.65. The van der Waals surface area contributed by atoms with Crippen LogP contribution in [-0.4, -0.2) is 30.2 Å². The normalized spacial score (nSPS) is 16.7. The third kappa shape index (κ3) is 3.46. The quantitative estimate of drug-likeness (QED) is 0.791. The molecule has 4 rings (SSSR count). The lowest BCUT2D eigenvalue weighted by Crippen LogP contribution is -2.17. The van der Waals surface area contributed by atoms with Gasteiger partial charge in [0.15, 0.2) is 0 Å². The molecule has 1 N–H and O–H groups in total. The Kier molecular flexibility index (Phi) is 4.31. The van der Waals surface area contributed by atoms with Crippen molar-refractivity contribution < 1.29 is 14.3 Å². The lowest BCUT2D eigenvalue weighted by Gasteiger charge is -2.11. The summed E-state index contributed by atoms with van der Waals surface area (Å²) in [6, 6.07) is 17.2. The molecular weight excluding hydrogens is 316 g/mol. The Labute approximate surface area is 145 Å². The number of anilines is 1. The van der Waals surface area contributed by atoms with Gasteiger partial charge in [-0.2, -0.15) is 0 Å². The van der Waals surface area contributed by atoms with E-state index in [9.17, 15) is 4.79 Å². The Balaban J connectivity index is 1.48. The van der Waals surface area contributed by atoms with Gasteiger partial charge in [-0.25, -0.2) is 4.98 Å². The highest BCUT2D eigenvalue weighted by Crippen LogP contribution is 2.23. The summed E-state index contributed by atoms with van der Waals surface area (Å²) in [7, 11) is 0. The molecule has 0 aliphatic carbocycles. The van der Waals surface area contributed by atoms with E-state index < -0.39 is 0 Å². The van der Waals surface area contributed by atoms with Gasteiger partial charge in [0, 0.05) is 29.8 Å². The first-order valence-corrected chi connectivity index (χ1v) is 8.29. The zero-order valence-corrected chi connectivity index (χ0v) is 13.6. The van der Waals surface area contributed by atoms with Gasteiger partial charge in [-0.3, -0.25) is 4.79 Å². The number of nitrogens with one attached hydrogen (secondary N) is 1. The van der Waals surface area contributed by atoms with Crippen LogP contribution in [0.15, 0.2) is 60.8 Å². The Bertz CT molecular complexity index is 882. The van der Waals surface area contributed by atoms with Crippen LogP contribution in [0.25, 0.3) is 10.8 Å². The van der Waals surface area contributed by atoms with Crippen molar-refractivity contribution in [2.24, 2.45) is 0 Å². The summed E-state index contributed by atoms with van der Waals surface area (Å²) in [6.45, 7) is 1.31. The first-order valence-electron chi connectivity index (χ1n) is 8.29. The van der Waals surface area contributed by atoms with Crippen LogP contribution in [0.4, 0.5) is 5.69 Å². The third-order valence-corrected chi connectivity index (χ3v) is 4.21. The molecule has 2 aromatic carbocycles. The van der Waals surface area contributed by atoms with Gasteiger partial charge in [0.05, 0.1) is 18.8 Å². The fourth-order valence-corrected chi connectivity index (χ4v) is 2.89. The van der Waals surface area contributed by atoms with Crippen LogP contribution < -0.4 is 10.1 Å². The largest absolute Gasteiger partial charge is 0.472 e. The standard InChI is InChI=1S/C20H18N2O3/c23-20(22-18-7-3-5-14-4-1-2-6-17(14)18)15-8-9-19(21-12-15)25-16-10-11-24-13-16/h1-9,12,16H,10-11,13H2,(H,22,23). The number of rotatable bonds is 4. The van der Waals surface area contributed by atoms with Crippen LogP contribution in [0.3, 0.4) is 0 Å². The van der Waals surface area contributed by atoms with Gasteiger partial charge < -0.3 is 14.8 Å². The maximum absolute atomic E-state index is 12.5. The van der Waals surface area contributed by atoms with E-state index in [1.165, 1.54) is 6.20 Å². The molecule has 1 atom stereocenters. The zero-order valence-electron chi connectivity index (χ0n) is 13.6. The third-order valence-electron chi connectivity index (χ3n) is 4.21. The molecule has 25 heavy (non-hydrogen) atoms. The highest BCUT2D eigenvalue weighted by molar-refractivity contribution is 6.09. The van der Waals surface area contributed by atoms with Crippen LogP contribution in [0, 0.1) is 0 Å². The van der Waals surface area contributed by atoms with Crippen LogP contribution >= 0.6 is 0 Å². The predicted molar refractivity (Wildman–Crippen MR) is 96.0 cm³/mol. The number of pyridine rings is 1. The summed E-state index contributed by atoms with van der Waals surface area (Å²) < 4.78 is 11.0. The maximum atomic E-state index is 12.5. The molecule has 5 nitrogen and oxygen atoms in total. The van der Waals surface area contributed by atoms with Gasteiger partial charge in [-0.1, -0.05) is 36.4 Å². The van der Waals surface area contributed by atoms with Gasteiger partial charge in [0.2, 0.25) is 5.88 Å². The Hall–Kier alpha value is -2.92. The maximum Gasteiger partial charge on any atom is 0.257 e. The van der Waals surface area contributed by atoms with Crippen LogP contribution in [0.5, 0.6) is 5.88 Å². The number of aromatic nitrogens is 1. The molecule has 0 spiro atoms. The molecule has 0 saturated carbocycles. The van der Waals surface area contributed by atoms with E-state index in [1.807, 2.05) is 42.5 Å². The molecule has 0 bridgehead atoms. The number of fused-ring (bicyclic) bond motifs is 1. The number of hydrogen-bond acceptors (Lipinski definition) is 4. The van der Waals surface area contributed by atoms with Crippen molar-refractivity contribution in [1.82, 2.24) is 4.98 Å². The van der Waals surface area contributed by atoms with Crippen molar-refractivity contribution in [2.75, 3.05) is 18.5 Å². The van der Waals surface area contributed by atoms with Gasteiger partial charge in [-0.05, 0) is 17.5 Å². The van der Waals surface area contributed by atoms with Crippen molar-refractivity contribution in [3.8, 4) is 5.88 Å². The molecule has 1 amide bonds. The summed E-state index contributed by atoms with van der Waals surface area (Å²) in [5.74, 6) is 0.316. The van der Waals surface area contributed by atoms with Crippen molar-refractivity contribution >= 4 is 22.4 Å². The van der Waals surface area contributed by atoms with E-state index in [-0.39, 0.29) is 12.0 Å². The Morgan fingerprint density at radius 1 is 1.12 bits per heavy atom. The SMILES string of the molecule is O=C(Nc1cccc2ccccc12)c1ccc(OC2CCOC2)nc1. The number of carbonyl (C=O) groups is 1. The molecule has 5 heteroatoms. The highest BCUT2D eigenvalue weighted by atomic mass is 16.5. The lowest BCUT2D eigenvalue weighted by molar-refractivity contribution is 0.102. The minimum absolute atomic E-state index is 0.0443. The van der Waals surface area contributed by atoms with Gasteiger partial charge >= 0.3 is 0 Å². The molecule has 0 radical (unpaired) electrons. The second kappa shape index (κ2) is 6.91. The molecule has 1 aromatic heterocycles. The molecule has 1 aliphatic heterocycles. The first kappa shape index (κ1) is 15.6. The average Bonchev–Trinajstić information content (AvgIpc) is 3.16. The molecule has 1 unspecified atom stereocenters. The van der Waals surface area contributed by atoms with E-state index in [2.05, 4.69) is 10.3 Å². The Morgan fingerprint density at radius 2 is 2.00 bits per heavy atom. The fraction of sp³-hybridized carbons (Fsp3) is 0.200.